The average molecular weight is 271 g/mol. The fraction of sp³-hybridized carbons (Fsp3) is 0.667. The van der Waals surface area contributed by atoms with Crippen LogP contribution in [0.3, 0.4) is 0 Å². The number of rotatable bonds is 1. The maximum absolute atomic E-state index is 5.56. The van der Waals surface area contributed by atoms with Crippen LogP contribution in [-0.4, -0.2) is 19.7 Å². The number of ether oxygens (including phenoxy) is 1. The summed E-state index contributed by atoms with van der Waals surface area (Å²) >= 11 is 0. The first-order valence-electron chi connectivity index (χ1n) is 8.16. The Kier molecular flexibility index (Phi) is 2.85. The lowest BCUT2D eigenvalue weighted by Crippen LogP contribution is -2.59. The second kappa shape index (κ2) is 4.49. The molecule has 2 fully saturated rings. The predicted octanol–water partition coefficient (Wildman–Crippen LogP) is 3.35. The molecule has 2 bridgehead atoms. The summed E-state index contributed by atoms with van der Waals surface area (Å²) in [5, 5.41) is 3.81. The largest absolute Gasteiger partial charge is 0.497 e. The van der Waals surface area contributed by atoms with Crippen LogP contribution in [0.2, 0.25) is 0 Å². The fourth-order valence-corrected chi connectivity index (χ4v) is 5.31. The van der Waals surface area contributed by atoms with Crippen LogP contribution in [0.5, 0.6) is 5.75 Å². The molecular formula is C18H25NO. The van der Waals surface area contributed by atoms with Crippen LogP contribution in [-0.2, 0) is 11.8 Å². The Balaban J connectivity index is 1.92. The third kappa shape index (κ3) is 1.60. The normalized spacial score (nSPS) is 35.1. The van der Waals surface area contributed by atoms with Crippen LogP contribution in [0, 0.1) is 12.8 Å². The van der Waals surface area contributed by atoms with Gasteiger partial charge in [-0.05, 0) is 73.9 Å². The van der Waals surface area contributed by atoms with Gasteiger partial charge in [-0.2, -0.15) is 0 Å². The van der Waals surface area contributed by atoms with Crippen molar-refractivity contribution in [1.29, 1.82) is 0 Å². The van der Waals surface area contributed by atoms with E-state index in [0.717, 1.165) is 11.7 Å². The number of piperidine rings is 1. The van der Waals surface area contributed by atoms with E-state index in [1.165, 1.54) is 50.6 Å². The van der Waals surface area contributed by atoms with Crippen molar-refractivity contribution in [1.82, 2.24) is 5.32 Å². The minimum atomic E-state index is 0.445. The number of benzene rings is 1. The predicted molar refractivity (Wildman–Crippen MR) is 81.5 cm³/mol. The number of nitrogens with one attached hydrogen (secondary N) is 1. The third-order valence-corrected chi connectivity index (χ3v) is 6.20. The number of hydrogen-bond acceptors (Lipinski definition) is 2. The second-order valence-electron chi connectivity index (χ2n) is 6.99. The summed E-state index contributed by atoms with van der Waals surface area (Å²) in [7, 11) is 1.80. The van der Waals surface area contributed by atoms with E-state index in [2.05, 4.69) is 24.4 Å². The highest BCUT2D eigenvalue weighted by Crippen LogP contribution is 2.54. The van der Waals surface area contributed by atoms with Crippen LogP contribution in [0.4, 0.5) is 0 Å². The fourth-order valence-electron chi connectivity index (χ4n) is 5.31. The monoisotopic (exact) mass is 271 g/mol. The molecule has 2 nitrogen and oxygen atoms in total. The number of hydrogen-bond donors (Lipinski definition) is 1. The Morgan fingerprint density at radius 3 is 3.00 bits per heavy atom. The standard InChI is InChI=1S/C18H25NO/c1-12-9-13(20-2)10-16-14(12)11-17-15-5-3-4-6-18(15,16)7-8-19-17/h9-10,15,17,19H,3-8,11H2,1-2H3/t15-,17-,18-/m1/s1. The van der Waals surface area contributed by atoms with Crippen molar-refractivity contribution < 1.29 is 4.74 Å². The summed E-state index contributed by atoms with van der Waals surface area (Å²) in [6.07, 6.45) is 8.15. The molecule has 1 saturated heterocycles. The van der Waals surface area contributed by atoms with Gasteiger partial charge in [0.05, 0.1) is 7.11 Å². The number of fused-ring (bicyclic) bond motifs is 1. The lowest BCUT2D eigenvalue weighted by atomic mass is 9.52. The molecule has 2 aliphatic carbocycles. The van der Waals surface area contributed by atoms with Gasteiger partial charge >= 0.3 is 0 Å². The van der Waals surface area contributed by atoms with E-state index in [0.29, 0.717) is 11.5 Å². The third-order valence-electron chi connectivity index (χ3n) is 6.20. The lowest BCUT2D eigenvalue weighted by Gasteiger charge is -2.56. The molecule has 4 rings (SSSR count). The summed E-state index contributed by atoms with van der Waals surface area (Å²) in [4.78, 5) is 0. The molecule has 1 aromatic carbocycles. The Morgan fingerprint density at radius 1 is 1.25 bits per heavy atom. The van der Waals surface area contributed by atoms with Crippen molar-refractivity contribution in [2.45, 2.75) is 56.9 Å². The minimum Gasteiger partial charge on any atom is -0.497 e. The molecule has 0 amide bonds. The van der Waals surface area contributed by atoms with Gasteiger partial charge in [-0.3, -0.25) is 0 Å². The van der Waals surface area contributed by atoms with Crippen molar-refractivity contribution >= 4 is 0 Å². The first-order chi connectivity index (χ1) is 9.74. The van der Waals surface area contributed by atoms with Crippen molar-refractivity contribution in [3.63, 3.8) is 0 Å². The van der Waals surface area contributed by atoms with E-state index in [9.17, 15) is 0 Å². The quantitative estimate of drug-likeness (QED) is 0.846. The Morgan fingerprint density at radius 2 is 2.15 bits per heavy atom. The van der Waals surface area contributed by atoms with Gasteiger partial charge in [-0.15, -0.1) is 0 Å². The molecule has 0 spiro atoms. The second-order valence-corrected chi connectivity index (χ2v) is 6.99. The van der Waals surface area contributed by atoms with Gasteiger partial charge in [-0.1, -0.05) is 12.8 Å². The molecule has 1 aliphatic heterocycles. The summed E-state index contributed by atoms with van der Waals surface area (Å²) in [5.74, 6) is 1.90. The summed E-state index contributed by atoms with van der Waals surface area (Å²) < 4.78 is 5.56. The zero-order chi connectivity index (χ0) is 13.7. The Hall–Kier alpha value is -1.02. The molecule has 0 radical (unpaired) electrons. The van der Waals surface area contributed by atoms with E-state index in [1.807, 2.05) is 0 Å². The molecule has 1 aromatic rings. The Bertz CT molecular complexity index is 534. The first kappa shape index (κ1) is 12.7. The molecule has 1 saturated carbocycles. The highest BCUT2D eigenvalue weighted by atomic mass is 16.5. The number of aryl methyl sites for hydroxylation is 1. The van der Waals surface area contributed by atoms with Gasteiger partial charge in [0.15, 0.2) is 0 Å². The molecule has 3 aliphatic rings. The van der Waals surface area contributed by atoms with Crippen LogP contribution in [0.1, 0.15) is 48.8 Å². The highest BCUT2D eigenvalue weighted by Gasteiger charge is 2.51. The lowest BCUT2D eigenvalue weighted by molar-refractivity contribution is 0.0793. The van der Waals surface area contributed by atoms with Gasteiger partial charge in [0.1, 0.15) is 5.75 Å². The van der Waals surface area contributed by atoms with E-state index in [4.69, 9.17) is 4.74 Å². The van der Waals surface area contributed by atoms with Crippen molar-refractivity contribution in [2.24, 2.45) is 5.92 Å². The molecule has 20 heavy (non-hydrogen) atoms. The SMILES string of the molecule is COc1cc(C)c2c(c1)[C@@]13CCCC[C@@H]1[C@@H](C2)NCC3. The number of methoxy groups -OCH3 is 1. The van der Waals surface area contributed by atoms with Crippen molar-refractivity contribution in [2.75, 3.05) is 13.7 Å². The van der Waals surface area contributed by atoms with Gasteiger partial charge in [0.25, 0.3) is 0 Å². The van der Waals surface area contributed by atoms with E-state index in [-0.39, 0.29) is 0 Å². The zero-order valence-electron chi connectivity index (χ0n) is 12.7. The maximum Gasteiger partial charge on any atom is 0.119 e. The highest BCUT2D eigenvalue weighted by molar-refractivity contribution is 5.49. The van der Waals surface area contributed by atoms with Gasteiger partial charge in [-0.25, -0.2) is 0 Å². The smallest absolute Gasteiger partial charge is 0.119 e. The van der Waals surface area contributed by atoms with Crippen LogP contribution < -0.4 is 10.1 Å². The minimum absolute atomic E-state index is 0.445. The molecule has 108 valence electrons. The summed E-state index contributed by atoms with van der Waals surface area (Å²) in [5.41, 5.74) is 5.12. The van der Waals surface area contributed by atoms with Crippen LogP contribution >= 0.6 is 0 Å². The maximum atomic E-state index is 5.56. The molecule has 0 aromatic heterocycles. The van der Waals surface area contributed by atoms with Gasteiger partial charge in [0.2, 0.25) is 0 Å². The molecule has 2 heteroatoms. The molecular weight excluding hydrogens is 246 g/mol. The summed E-state index contributed by atoms with van der Waals surface area (Å²) in [6.45, 7) is 3.45. The molecule has 1 N–H and O–H groups in total. The van der Waals surface area contributed by atoms with E-state index < -0.39 is 0 Å². The Labute approximate surface area is 121 Å². The van der Waals surface area contributed by atoms with E-state index >= 15 is 0 Å². The topological polar surface area (TPSA) is 21.3 Å². The first-order valence-corrected chi connectivity index (χ1v) is 8.16. The van der Waals surface area contributed by atoms with E-state index in [1.54, 1.807) is 18.2 Å². The van der Waals surface area contributed by atoms with Crippen molar-refractivity contribution in [3.05, 3.63) is 28.8 Å². The van der Waals surface area contributed by atoms with Crippen LogP contribution in [0.25, 0.3) is 0 Å². The molecule has 1 heterocycles. The molecule has 3 atom stereocenters. The summed E-state index contributed by atoms with van der Waals surface area (Å²) in [6, 6.07) is 5.29. The van der Waals surface area contributed by atoms with Gasteiger partial charge in [0, 0.05) is 11.5 Å². The zero-order valence-corrected chi connectivity index (χ0v) is 12.7. The van der Waals surface area contributed by atoms with Crippen LogP contribution in [0.15, 0.2) is 12.1 Å². The molecule has 0 unspecified atom stereocenters. The van der Waals surface area contributed by atoms with Gasteiger partial charge < -0.3 is 10.1 Å². The van der Waals surface area contributed by atoms with Crippen molar-refractivity contribution in [3.8, 4) is 5.75 Å². The average Bonchev–Trinajstić information content (AvgIpc) is 2.48.